The van der Waals surface area contributed by atoms with Crippen LogP contribution in [0.15, 0.2) is 23.6 Å². The lowest BCUT2D eigenvalue weighted by Gasteiger charge is -2.08. The lowest BCUT2D eigenvalue weighted by Crippen LogP contribution is -2.02. The third kappa shape index (κ3) is 2.76. The molecular weight excluding hydrogens is 234 g/mol. The molecule has 2 aromatic rings. The van der Waals surface area contributed by atoms with E-state index in [1.807, 2.05) is 31.8 Å². The summed E-state index contributed by atoms with van der Waals surface area (Å²) >= 11 is 1.53. The Morgan fingerprint density at radius 3 is 2.88 bits per heavy atom. The lowest BCUT2D eigenvalue weighted by molar-refractivity contribution is 0.770. The zero-order chi connectivity index (χ0) is 12.3. The van der Waals surface area contributed by atoms with Gasteiger partial charge in [0.2, 0.25) is 0 Å². The van der Waals surface area contributed by atoms with Crippen LogP contribution in [-0.4, -0.2) is 26.0 Å². The average molecular weight is 249 g/mol. The molecule has 0 bridgehead atoms. The highest BCUT2D eigenvalue weighted by Crippen LogP contribution is 2.20. The van der Waals surface area contributed by atoms with Crippen molar-refractivity contribution in [2.45, 2.75) is 18.5 Å². The molecule has 2 aromatic heterocycles. The fraction of sp³-hybridized carbons (Fsp3) is 0.364. The zero-order valence-electron chi connectivity index (χ0n) is 10.1. The predicted octanol–water partition coefficient (Wildman–Crippen LogP) is 2.24. The van der Waals surface area contributed by atoms with Crippen LogP contribution in [0.1, 0.15) is 12.5 Å². The summed E-state index contributed by atoms with van der Waals surface area (Å²) in [6, 6.07) is 1.92. The van der Waals surface area contributed by atoms with Gasteiger partial charge >= 0.3 is 0 Å². The van der Waals surface area contributed by atoms with Gasteiger partial charge in [-0.15, -0.1) is 0 Å². The SMILES string of the molecule is CCc1cnc(SC)nc1Nc1ccn(C)n1. The van der Waals surface area contributed by atoms with E-state index in [0.29, 0.717) is 0 Å². The molecule has 0 saturated carbocycles. The van der Waals surface area contributed by atoms with Crippen LogP contribution in [0, 0.1) is 0 Å². The first kappa shape index (κ1) is 11.9. The van der Waals surface area contributed by atoms with Crippen molar-refractivity contribution >= 4 is 23.4 Å². The zero-order valence-corrected chi connectivity index (χ0v) is 11.0. The van der Waals surface area contributed by atoms with Gasteiger partial charge in [-0.3, -0.25) is 4.68 Å². The molecule has 0 aromatic carbocycles. The van der Waals surface area contributed by atoms with Gasteiger partial charge in [-0.2, -0.15) is 5.10 Å². The second-order valence-electron chi connectivity index (χ2n) is 3.58. The van der Waals surface area contributed by atoms with E-state index in [9.17, 15) is 0 Å². The van der Waals surface area contributed by atoms with Gasteiger partial charge in [0.1, 0.15) is 5.82 Å². The maximum Gasteiger partial charge on any atom is 0.189 e. The van der Waals surface area contributed by atoms with E-state index in [2.05, 4.69) is 27.3 Å². The molecule has 0 saturated heterocycles. The number of hydrogen-bond donors (Lipinski definition) is 1. The Hall–Kier alpha value is -1.56. The fourth-order valence-electron chi connectivity index (χ4n) is 1.46. The van der Waals surface area contributed by atoms with E-state index < -0.39 is 0 Å². The normalized spacial score (nSPS) is 10.5. The molecule has 5 nitrogen and oxygen atoms in total. The van der Waals surface area contributed by atoms with Crippen molar-refractivity contribution in [3.8, 4) is 0 Å². The van der Waals surface area contributed by atoms with Crippen LogP contribution in [0.3, 0.4) is 0 Å². The largest absolute Gasteiger partial charge is 0.323 e. The molecule has 0 atom stereocenters. The van der Waals surface area contributed by atoms with Crippen molar-refractivity contribution in [2.75, 3.05) is 11.6 Å². The Morgan fingerprint density at radius 2 is 2.29 bits per heavy atom. The number of hydrogen-bond acceptors (Lipinski definition) is 5. The third-order valence-corrected chi connectivity index (χ3v) is 2.93. The standard InChI is InChI=1S/C11H15N5S/c1-4-8-7-12-11(17-3)14-10(8)13-9-5-6-16(2)15-9/h5-7H,4H2,1-3H3,(H,12,13,14,15). The summed E-state index contributed by atoms with van der Waals surface area (Å²) < 4.78 is 1.75. The molecule has 0 spiro atoms. The van der Waals surface area contributed by atoms with Crippen molar-refractivity contribution in [1.29, 1.82) is 0 Å². The molecule has 0 fully saturated rings. The minimum absolute atomic E-state index is 0.764. The molecule has 6 heteroatoms. The van der Waals surface area contributed by atoms with E-state index in [1.165, 1.54) is 11.8 Å². The molecular formula is C11H15N5S. The highest BCUT2D eigenvalue weighted by molar-refractivity contribution is 7.98. The molecule has 2 heterocycles. The predicted molar refractivity (Wildman–Crippen MR) is 69.7 cm³/mol. The first-order valence-corrected chi connectivity index (χ1v) is 6.62. The second-order valence-corrected chi connectivity index (χ2v) is 4.36. The Labute approximate surface area is 105 Å². The number of aromatic nitrogens is 4. The van der Waals surface area contributed by atoms with Crippen molar-refractivity contribution in [3.05, 3.63) is 24.0 Å². The molecule has 0 aliphatic rings. The number of rotatable bonds is 4. The first-order valence-electron chi connectivity index (χ1n) is 5.39. The monoisotopic (exact) mass is 249 g/mol. The summed E-state index contributed by atoms with van der Waals surface area (Å²) in [5, 5.41) is 8.26. The molecule has 0 radical (unpaired) electrons. The molecule has 0 unspecified atom stereocenters. The summed E-state index contributed by atoms with van der Waals surface area (Å²) in [6.07, 6.45) is 6.62. The summed E-state index contributed by atoms with van der Waals surface area (Å²) in [7, 11) is 1.89. The molecule has 0 amide bonds. The van der Waals surface area contributed by atoms with Crippen molar-refractivity contribution < 1.29 is 0 Å². The number of aryl methyl sites for hydroxylation is 2. The van der Waals surface area contributed by atoms with Crippen LogP contribution >= 0.6 is 11.8 Å². The van der Waals surface area contributed by atoms with E-state index >= 15 is 0 Å². The molecule has 90 valence electrons. The van der Waals surface area contributed by atoms with Crippen molar-refractivity contribution in [3.63, 3.8) is 0 Å². The number of thioether (sulfide) groups is 1. The second kappa shape index (κ2) is 5.18. The number of nitrogens with one attached hydrogen (secondary N) is 1. The molecule has 0 aliphatic heterocycles. The summed E-state index contributed by atoms with van der Waals surface area (Å²) in [5.74, 6) is 1.64. The van der Waals surface area contributed by atoms with Gasteiger partial charge in [0.05, 0.1) is 0 Å². The fourth-order valence-corrected chi connectivity index (χ4v) is 1.80. The highest BCUT2D eigenvalue weighted by atomic mass is 32.2. The minimum atomic E-state index is 0.764. The Kier molecular flexibility index (Phi) is 3.63. The summed E-state index contributed by atoms with van der Waals surface area (Å²) in [5.41, 5.74) is 1.09. The topological polar surface area (TPSA) is 55.6 Å². The lowest BCUT2D eigenvalue weighted by atomic mass is 10.2. The maximum atomic E-state index is 4.46. The smallest absolute Gasteiger partial charge is 0.189 e. The summed E-state index contributed by atoms with van der Waals surface area (Å²) in [6.45, 7) is 2.08. The first-order chi connectivity index (χ1) is 8.22. The van der Waals surface area contributed by atoms with E-state index in [0.717, 1.165) is 28.8 Å². The minimum Gasteiger partial charge on any atom is -0.323 e. The van der Waals surface area contributed by atoms with Crippen LogP contribution in [0.5, 0.6) is 0 Å². The highest BCUT2D eigenvalue weighted by Gasteiger charge is 2.07. The van der Waals surface area contributed by atoms with Crippen LogP contribution in [0.4, 0.5) is 11.6 Å². The van der Waals surface area contributed by atoms with Gasteiger partial charge in [-0.1, -0.05) is 18.7 Å². The third-order valence-electron chi connectivity index (χ3n) is 2.37. The Balaban J connectivity index is 2.29. The Morgan fingerprint density at radius 1 is 1.47 bits per heavy atom. The van der Waals surface area contributed by atoms with Gasteiger partial charge in [0, 0.05) is 31.1 Å². The number of anilines is 2. The van der Waals surface area contributed by atoms with E-state index in [4.69, 9.17) is 0 Å². The quantitative estimate of drug-likeness (QED) is 0.665. The van der Waals surface area contributed by atoms with Gasteiger partial charge in [-0.05, 0) is 12.7 Å². The average Bonchev–Trinajstić information content (AvgIpc) is 2.74. The number of nitrogens with zero attached hydrogens (tertiary/aromatic N) is 4. The molecule has 0 aliphatic carbocycles. The van der Waals surface area contributed by atoms with Crippen molar-refractivity contribution in [2.24, 2.45) is 7.05 Å². The van der Waals surface area contributed by atoms with E-state index in [-0.39, 0.29) is 0 Å². The molecule has 1 N–H and O–H groups in total. The van der Waals surface area contributed by atoms with Gasteiger partial charge in [0.15, 0.2) is 11.0 Å². The summed E-state index contributed by atoms with van der Waals surface area (Å²) in [4.78, 5) is 8.72. The van der Waals surface area contributed by atoms with E-state index in [1.54, 1.807) is 4.68 Å². The van der Waals surface area contributed by atoms with Crippen molar-refractivity contribution in [1.82, 2.24) is 19.7 Å². The Bertz CT molecular complexity index is 508. The van der Waals surface area contributed by atoms with Crippen LogP contribution in [-0.2, 0) is 13.5 Å². The molecule has 2 rings (SSSR count). The van der Waals surface area contributed by atoms with Crippen LogP contribution < -0.4 is 5.32 Å². The van der Waals surface area contributed by atoms with Gasteiger partial charge < -0.3 is 5.32 Å². The maximum absolute atomic E-state index is 4.46. The van der Waals surface area contributed by atoms with Gasteiger partial charge in [-0.25, -0.2) is 9.97 Å². The molecule has 17 heavy (non-hydrogen) atoms. The van der Waals surface area contributed by atoms with Gasteiger partial charge in [0.25, 0.3) is 0 Å². The van der Waals surface area contributed by atoms with Crippen LogP contribution in [0.2, 0.25) is 0 Å². The van der Waals surface area contributed by atoms with Crippen LogP contribution in [0.25, 0.3) is 0 Å².